The van der Waals surface area contributed by atoms with E-state index in [-0.39, 0.29) is 0 Å². The second-order valence-corrected chi connectivity index (χ2v) is 6.16. The van der Waals surface area contributed by atoms with Gasteiger partial charge in [0.05, 0.1) is 6.04 Å². The van der Waals surface area contributed by atoms with Crippen LogP contribution in [0.15, 0.2) is 34.9 Å². The second-order valence-electron chi connectivity index (χ2n) is 5.73. The number of halogens is 1. The molecule has 3 rings (SSSR count). The van der Waals surface area contributed by atoms with Crippen molar-refractivity contribution in [3.63, 3.8) is 0 Å². The Morgan fingerprint density at radius 3 is 3.10 bits per heavy atom. The van der Waals surface area contributed by atoms with Crippen LogP contribution in [0.4, 0.5) is 0 Å². The Kier molecular flexibility index (Phi) is 4.61. The van der Waals surface area contributed by atoms with Crippen molar-refractivity contribution in [2.45, 2.75) is 45.2 Å². The van der Waals surface area contributed by atoms with Gasteiger partial charge in [-0.15, -0.1) is 0 Å². The Hall–Kier alpha value is -1.32. The summed E-state index contributed by atoms with van der Waals surface area (Å²) in [4.78, 5) is 2.47. The third-order valence-corrected chi connectivity index (χ3v) is 4.29. The SMILES string of the molecule is CCCc1cc([C@H]2CCCN2Cc2cccc(Cl)c2)no1. The van der Waals surface area contributed by atoms with Crippen molar-refractivity contribution >= 4 is 11.6 Å². The van der Waals surface area contributed by atoms with E-state index in [0.717, 1.165) is 48.8 Å². The molecular weight excluding hydrogens is 284 g/mol. The summed E-state index contributed by atoms with van der Waals surface area (Å²) in [7, 11) is 0. The molecule has 1 aromatic carbocycles. The van der Waals surface area contributed by atoms with Crippen LogP contribution in [0.3, 0.4) is 0 Å². The maximum Gasteiger partial charge on any atom is 0.137 e. The van der Waals surface area contributed by atoms with Crippen molar-refractivity contribution in [2.75, 3.05) is 6.54 Å². The molecule has 112 valence electrons. The van der Waals surface area contributed by atoms with Crippen LogP contribution < -0.4 is 0 Å². The molecule has 2 heterocycles. The van der Waals surface area contributed by atoms with Gasteiger partial charge in [0.15, 0.2) is 0 Å². The van der Waals surface area contributed by atoms with Crippen LogP contribution in [0, 0.1) is 0 Å². The van der Waals surface area contributed by atoms with Crippen LogP contribution in [0.2, 0.25) is 5.02 Å². The van der Waals surface area contributed by atoms with Crippen molar-refractivity contribution in [3.05, 3.63) is 52.4 Å². The molecule has 1 aliphatic heterocycles. The van der Waals surface area contributed by atoms with E-state index in [2.05, 4.69) is 29.1 Å². The molecule has 4 heteroatoms. The minimum absolute atomic E-state index is 0.373. The van der Waals surface area contributed by atoms with Crippen molar-refractivity contribution in [1.29, 1.82) is 0 Å². The average molecular weight is 305 g/mol. The second kappa shape index (κ2) is 6.63. The maximum absolute atomic E-state index is 6.08. The van der Waals surface area contributed by atoms with Gasteiger partial charge < -0.3 is 4.52 Å². The van der Waals surface area contributed by atoms with Crippen LogP contribution in [-0.4, -0.2) is 16.6 Å². The Morgan fingerprint density at radius 2 is 2.29 bits per heavy atom. The van der Waals surface area contributed by atoms with Gasteiger partial charge in [0, 0.05) is 24.1 Å². The lowest BCUT2D eigenvalue weighted by atomic mass is 10.1. The van der Waals surface area contributed by atoms with Gasteiger partial charge in [0.1, 0.15) is 11.5 Å². The zero-order chi connectivity index (χ0) is 14.7. The highest BCUT2D eigenvalue weighted by Crippen LogP contribution is 2.33. The molecule has 1 saturated heterocycles. The lowest BCUT2D eigenvalue weighted by Gasteiger charge is -2.22. The summed E-state index contributed by atoms with van der Waals surface area (Å²) in [5.41, 5.74) is 2.34. The third kappa shape index (κ3) is 3.47. The van der Waals surface area contributed by atoms with Crippen molar-refractivity contribution in [1.82, 2.24) is 10.1 Å². The number of likely N-dealkylation sites (tertiary alicyclic amines) is 1. The van der Waals surface area contributed by atoms with Crippen LogP contribution in [0.25, 0.3) is 0 Å². The zero-order valence-corrected chi connectivity index (χ0v) is 13.1. The van der Waals surface area contributed by atoms with E-state index >= 15 is 0 Å². The number of rotatable bonds is 5. The van der Waals surface area contributed by atoms with Crippen LogP contribution >= 0.6 is 11.6 Å². The molecule has 0 N–H and O–H groups in total. The highest BCUT2D eigenvalue weighted by atomic mass is 35.5. The Morgan fingerprint density at radius 1 is 1.38 bits per heavy atom. The van der Waals surface area contributed by atoms with Gasteiger partial charge >= 0.3 is 0 Å². The smallest absolute Gasteiger partial charge is 0.137 e. The van der Waals surface area contributed by atoms with Crippen LogP contribution in [-0.2, 0) is 13.0 Å². The summed E-state index contributed by atoms with van der Waals surface area (Å²) >= 11 is 6.08. The Labute approximate surface area is 130 Å². The first kappa shape index (κ1) is 14.6. The molecule has 0 bridgehead atoms. The fourth-order valence-corrected chi connectivity index (χ4v) is 3.28. The van der Waals surface area contributed by atoms with Gasteiger partial charge in [0.25, 0.3) is 0 Å². The number of hydrogen-bond acceptors (Lipinski definition) is 3. The first-order chi connectivity index (χ1) is 10.3. The van der Waals surface area contributed by atoms with E-state index < -0.39 is 0 Å². The first-order valence-corrected chi connectivity index (χ1v) is 8.08. The summed E-state index contributed by atoms with van der Waals surface area (Å²) in [5, 5.41) is 5.08. The number of aryl methyl sites for hydroxylation is 1. The topological polar surface area (TPSA) is 29.3 Å². The van der Waals surface area contributed by atoms with Gasteiger partial charge in [-0.3, -0.25) is 4.90 Å². The summed E-state index contributed by atoms with van der Waals surface area (Å²) in [6.45, 7) is 4.18. The largest absolute Gasteiger partial charge is 0.361 e. The minimum Gasteiger partial charge on any atom is -0.361 e. The maximum atomic E-state index is 6.08. The predicted molar refractivity (Wildman–Crippen MR) is 84.3 cm³/mol. The molecule has 1 aromatic heterocycles. The van der Waals surface area contributed by atoms with Crippen LogP contribution in [0.5, 0.6) is 0 Å². The molecule has 1 fully saturated rings. The average Bonchev–Trinajstić information content (AvgIpc) is 3.08. The fraction of sp³-hybridized carbons (Fsp3) is 0.471. The van der Waals surface area contributed by atoms with E-state index in [4.69, 9.17) is 16.1 Å². The van der Waals surface area contributed by atoms with E-state index in [1.54, 1.807) is 0 Å². The summed E-state index contributed by atoms with van der Waals surface area (Å²) in [6.07, 6.45) is 4.42. The van der Waals surface area contributed by atoms with E-state index in [0.29, 0.717) is 6.04 Å². The summed E-state index contributed by atoms with van der Waals surface area (Å²) in [5.74, 6) is 1.00. The van der Waals surface area contributed by atoms with Gasteiger partial charge in [-0.25, -0.2) is 0 Å². The number of benzene rings is 1. The van der Waals surface area contributed by atoms with Crippen molar-refractivity contribution < 1.29 is 4.52 Å². The number of hydrogen-bond donors (Lipinski definition) is 0. The van der Waals surface area contributed by atoms with Crippen molar-refractivity contribution in [2.24, 2.45) is 0 Å². The fourth-order valence-electron chi connectivity index (χ4n) is 3.07. The molecule has 2 aromatic rings. The molecule has 3 nitrogen and oxygen atoms in total. The van der Waals surface area contributed by atoms with E-state index in [9.17, 15) is 0 Å². The third-order valence-electron chi connectivity index (χ3n) is 4.05. The predicted octanol–water partition coefficient (Wildman–Crippen LogP) is 4.62. The summed E-state index contributed by atoms with van der Waals surface area (Å²) < 4.78 is 5.44. The van der Waals surface area contributed by atoms with Crippen molar-refractivity contribution in [3.8, 4) is 0 Å². The van der Waals surface area contributed by atoms with E-state index in [1.165, 1.54) is 12.0 Å². The molecule has 0 saturated carbocycles. The van der Waals surface area contributed by atoms with Crippen LogP contribution in [0.1, 0.15) is 49.2 Å². The summed E-state index contributed by atoms with van der Waals surface area (Å²) in [6, 6.07) is 10.6. The Balaban J connectivity index is 1.72. The molecule has 0 aliphatic carbocycles. The Bertz CT molecular complexity index is 596. The molecule has 21 heavy (non-hydrogen) atoms. The molecular formula is C17H21ClN2O. The van der Waals surface area contributed by atoms with Gasteiger partial charge in [-0.2, -0.15) is 0 Å². The first-order valence-electron chi connectivity index (χ1n) is 7.70. The van der Waals surface area contributed by atoms with Gasteiger partial charge in [-0.05, 0) is 43.5 Å². The highest BCUT2D eigenvalue weighted by molar-refractivity contribution is 6.30. The molecule has 1 aliphatic rings. The molecule has 1 atom stereocenters. The number of aromatic nitrogens is 1. The zero-order valence-electron chi connectivity index (χ0n) is 12.4. The molecule has 0 amide bonds. The monoisotopic (exact) mass is 304 g/mol. The minimum atomic E-state index is 0.373. The van der Waals surface area contributed by atoms with Gasteiger partial charge in [0.2, 0.25) is 0 Å². The molecule has 0 unspecified atom stereocenters. The van der Waals surface area contributed by atoms with Gasteiger partial charge in [-0.1, -0.05) is 35.8 Å². The lowest BCUT2D eigenvalue weighted by Crippen LogP contribution is -2.22. The quantitative estimate of drug-likeness (QED) is 0.807. The molecule has 0 radical (unpaired) electrons. The standard InChI is InChI=1S/C17H21ClN2O/c1-2-5-15-11-16(19-21-15)17-8-4-9-20(17)12-13-6-3-7-14(18)10-13/h3,6-7,10-11,17H,2,4-5,8-9,12H2,1H3/t17-/m1/s1. The lowest BCUT2D eigenvalue weighted by molar-refractivity contribution is 0.236. The number of nitrogens with zero attached hydrogens (tertiary/aromatic N) is 2. The highest BCUT2D eigenvalue weighted by Gasteiger charge is 2.28. The molecule has 0 spiro atoms. The van der Waals surface area contributed by atoms with E-state index in [1.807, 2.05) is 18.2 Å². The normalized spacial score (nSPS) is 19.2.